The van der Waals surface area contributed by atoms with E-state index in [-0.39, 0.29) is 24.6 Å². The summed E-state index contributed by atoms with van der Waals surface area (Å²) >= 11 is 5.94. The predicted molar refractivity (Wildman–Crippen MR) is 123 cm³/mol. The van der Waals surface area contributed by atoms with Crippen LogP contribution < -0.4 is 0 Å². The van der Waals surface area contributed by atoms with Gasteiger partial charge in [0.15, 0.2) is 0 Å². The molecule has 3 amide bonds. The molecule has 1 atom stereocenters. The molecule has 0 aromatic heterocycles. The number of piperazine rings is 1. The fourth-order valence-electron chi connectivity index (χ4n) is 4.09. The quantitative estimate of drug-likeness (QED) is 0.339. The molecule has 0 radical (unpaired) electrons. The minimum absolute atomic E-state index is 0.0261. The number of unbranched alkanes of at least 4 members (excludes halogenated alkanes) is 1. The molecule has 8 nitrogen and oxygen atoms in total. The highest BCUT2D eigenvalue weighted by Crippen LogP contribution is 2.31. The number of hydrogen-bond acceptors (Lipinski definition) is 6. The zero-order valence-electron chi connectivity index (χ0n) is 18.5. The van der Waals surface area contributed by atoms with Gasteiger partial charge in [0.05, 0.1) is 6.21 Å². The number of benzene rings is 1. The van der Waals surface area contributed by atoms with Crippen LogP contribution in [0.4, 0.5) is 4.79 Å². The summed E-state index contributed by atoms with van der Waals surface area (Å²) in [6.45, 7) is 5.77. The van der Waals surface area contributed by atoms with E-state index in [2.05, 4.69) is 21.9 Å². The van der Waals surface area contributed by atoms with Crippen molar-refractivity contribution in [2.45, 2.75) is 25.4 Å². The molecule has 0 saturated carbocycles. The third-order valence-corrected chi connectivity index (χ3v) is 6.37. The van der Waals surface area contributed by atoms with Gasteiger partial charge in [-0.3, -0.25) is 9.69 Å². The maximum absolute atomic E-state index is 12.6. The molecule has 2 fully saturated rings. The SMILES string of the molecule is CN1CCN(CCCCN2C(=O)CN(/N=C/C3=CCC(c4ccc(Cl)cc4)O3)C2=O)CC1. The maximum atomic E-state index is 12.6. The Morgan fingerprint density at radius 1 is 1.09 bits per heavy atom. The van der Waals surface area contributed by atoms with E-state index < -0.39 is 0 Å². The normalized spacial score (nSPS) is 22.8. The van der Waals surface area contributed by atoms with Gasteiger partial charge in [0.1, 0.15) is 18.4 Å². The highest BCUT2D eigenvalue weighted by molar-refractivity contribution is 6.30. The molecular weight excluding hydrogens is 430 g/mol. The zero-order chi connectivity index (χ0) is 22.5. The van der Waals surface area contributed by atoms with E-state index >= 15 is 0 Å². The van der Waals surface area contributed by atoms with E-state index in [1.807, 2.05) is 30.3 Å². The summed E-state index contributed by atoms with van der Waals surface area (Å²) in [6.07, 6.45) is 5.84. The van der Waals surface area contributed by atoms with E-state index in [0.717, 1.165) is 57.5 Å². The first-order chi connectivity index (χ1) is 15.5. The first-order valence-electron chi connectivity index (χ1n) is 11.2. The number of ether oxygens (including phenoxy) is 1. The lowest BCUT2D eigenvalue weighted by Gasteiger charge is -2.32. The van der Waals surface area contributed by atoms with Crippen molar-refractivity contribution >= 4 is 29.8 Å². The number of amides is 3. The molecule has 3 aliphatic rings. The van der Waals surface area contributed by atoms with Crippen LogP contribution in [0.25, 0.3) is 0 Å². The number of hydrazone groups is 1. The average Bonchev–Trinajstić information content (AvgIpc) is 3.36. The van der Waals surface area contributed by atoms with Crippen molar-refractivity contribution in [3.05, 3.63) is 46.7 Å². The Bertz CT molecular complexity index is 880. The second-order valence-corrected chi connectivity index (χ2v) is 8.92. The summed E-state index contributed by atoms with van der Waals surface area (Å²) in [5.74, 6) is 0.392. The van der Waals surface area contributed by atoms with Crippen LogP contribution in [0.5, 0.6) is 0 Å². The molecule has 1 unspecified atom stereocenters. The second kappa shape index (κ2) is 10.5. The van der Waals surface area contributed by atoms with Crippen molar-refractivity contribution in [3.63, 3.8) is 0 Å². The van der Waals surface area contributed by atoms with Crippen molar-refractivity contribution in [1.82, 2.24) is 19.7 Å². The van der Waals surface area contributed by atoms with E-state index in [4.69, 9.17) is 16.3 Å². The van der Waals surface area contributed by atoms with Crippen molar-refractivity contribution in [2.24, 2.45) is 5.10 Å². The van der Waals surface area contributed by atoms with Gasteiger partial charge in [-0.25, -0.2) is 9.80 Å². The molecule has 1 aromatic carbocycles. The molecule has 2 saturated heterocycles. The predicted octanol–water partition coefficient (Wildman–Crippen LogP) is 2.96. The minimum atomic E-state index is -0.362. The van der Waals surface area contributed by atoms with E-state index in [1.54, 1.807) is 0 Å². The summed E-state index contributed by atoms with van der Waals surface area (Å²) in [6, 6.07) is 7.18. The van der Waals surface area contributed by atoms with Crippen LogP contribution in [-0.4, -0.2) is 90.7 Å². The number of rotatable bonds is 8. The molecule has 3 aliphatic heterocycles. The largest absolute Gasteiger partial charge is 0.484 e. The van der Waals surface area contributed by atoms with Crippen LogP contribution in [-0.2, 0) is 9.53 Å². The summed E-state index contributed by atoms with van der Waals surface area (Å²) in [7, 11) is 2.14. The third-order valence-electron chi connectivity index (χ3n) is 6.12. The van der Waals surface area contributed by atoms with Crippen LogP contribution in [0, 0.1) is 0 Å². The van der Waals surface area contributed by atoms with Crippen LogP contribution in [0.2, 0.25) is 5.02 Å². The lowest BCUT2D eigenvalue weighted by atomic mass is 10.1. The molecule has 0 spiro atoms. The first kappa shape index (κ1) is 22.8. The van der Waals surface area contributed by atoms with Gasteiger partial charge in [-0.15, -0.1) is 0 Å². The van der Waals surface area contributed by atoms with Gasteiger partial charge in [-0.2, -0.15) is 5.10 Å². The Balaban J connectivity index is 1.20. The van der Waals surface area contributed by atoms with Crippen molar-refractivity contribution in [3.8, 4) is 0 Å². The van der Waals surface area contributed by atoms with Crippen molar-refractivity contribution < 1.29 is 14.3 Å². The number of carbonyl (C=O) groups is 2. The molecule has 3 heterocycles. The summed E-state index contributed by atoms with van der Waals surface area (Å²) in [5.41, 5.74) is 1.03. The van der Waals surface area contributed by atoms with Gasteiger partial charge < -0.3 is 14.5 Å². The van der Waals surface area contributed by atoms with Crippen molar-refractivity contribution in [1.29, 1.82) is 0 Å². The molecule has 0 N–H and O–H groups in total. The Hall–Kier alpha value is -2.42. The number of imide groups is 1. The Labute approximate surface area is 194 Å². The highest BCUT2D eigenvalue weighted by Gasteiger charge is 2.35. The molecule has 172 valence electrons. The Morgan fingerprint density at radius 3 is 2.56 bits per heavy atom. The van der Waals surface area contributed by atoms with Gasteiger partial charge in [0, 0.05) is 44.2 Å². The molecule has 9 heteroatoms. The van der Waals surface area contributed by atoms with Gasteiger partial charge in [0.2, 0.25) is 0 Å². The van der Waals surface area contributed by atoms with Crippen LogP contribution in [0.15, 0.2) is 41.2 Å². The number of halogens is 1. The standard InChI is InChI=1S/C23H30ClN5O3/c1-26-12-14-27(15-13-26)10-2-3-11-28-22(30)17-29(23(28)31)25-16-20-8-9-21(32-20)18-4-6-19(24)7-5-18/h4-8,16,21H,2-3,9-15,17H2,1H3/b25-16+. The third kappa shape index (κ3) is 5.68. The Morgan fingerprint density at radius 2 is 1.81 bits per heavy atom. The second-order valence-electron chi connectivity index (χ2n) is 8.48. The molecule has 32 heavy (non-hydrogen) atoms. The smallest absolute Gasteiger partial charge is 0.347 e. The molecular formula is C23H30ClN5O3. The average molecular weight is 460 g/mol. The fraction of sp³-hybridized carbons (Fsp3) is 0.522. The summed E-state index contributed by atoms with van der Waals surface area (Å²) in [4.78, 5) is 31.0. The Kier molecular flexibility index (Phi) is 7.44. The summed E-state index contributed by atoms with van der Waals surface area (Å²) < 4.78 is 5.90. The van der Waals surface area contributed by atoms with Crippen molar-refractivity contribution in [2.75, 3.05) is 52.9 Å². The van der Waals surface area contributed by atoms with E-state index in [1.165, 1.54) is 16.1 Å². The first-order valence-corrected chi connectivity index (χ1v) is 11.6. The number of allylic oxidation sites excluding steroid dienone is 1. The zero-order valence-corrected chi connectivity index (χ0v) is 19.2. The fourth-order valence-corrected chi connectivity index (χ4v) is 4.22. The number of likely N-dealkylation sites (N-methyl/N-ethyl adjacent to an activating group) is 1. The summed E-state index contributed by atoms with van der Waals surface area (Å²) in [5, 5.41) is 6.10. The van der Waals surface area contributed by atoms with E-state index in [0.29, 0.717) is 17.3 Å². The number of hydrogen-bond donors (Lipinski definition) is 0. The van der Waals surface area contributed by atoms with Crippen LogP contribution in [0.1, 0.15) is 30.9 Å². The van der Waals surface area contributed by atoms with Gasteiger partial charge in [-0.05, 0) is 50.2 Å². The maximum Gasteiger partial charge on any atom is 0.347 e. The van der Waals surface area contributed by atoms with E-state index in [9.17, 15) is 9.59 Å². The molecule has 0 bridgehead atoms. The number of urea groups is 1. The molecule has 1 aromatic rings. The van der Waals surface area contributed by atoms with Gasteiger partial charge >= 0.3 is 6.03 Å². The lowest BCUT2D eigenvalue weighted by molar-refractivity contribution is -0.125. The number of nitrogens with zero attached hydrogens (tertiary/aromatic N) is 5. The van der Waals surface area contributed by atoms with Gasteiger partial charge in [-0.1, -0.05) is 23.7 Å². The molecule has 0 aliphatic carbocycles. The monoisotopic (exact) mass is 459 g/mol. The highest BCUT2D eigenvalue weighted by atomic mass is 35.5. The minimum Gasteiger partial charge on any atom is -0.484 e. The molecule has 4 rings (SSSR count). The van der Waals surface area contributed by atoms with Crippen LogP contribution >= 0.6 is 11.6 Å². The van der Waals surface area contributed by atoms with Gasteiger partial charge in [0.25, 0.3) is 5.91 Å². The number of carbonyl (C=O) groups excluding carboxylic acids is 2. The lowest BCUT2D eigenvalue weighted by Crippen LogP contribution is -2.44. The topological polar surface area (TPSA) is 68.7 Å². The van der Waals surface area contributed by atoms with Crippen LogP contribution in [0.3, 0.4) is 0 Å².